The van der Waals surface area contributed by atoms with E-state index >= 15 is 0 Å². The van der Waals surface area contributed by atoms with Gasteiger partial charge in [-0.25, -0.2) is 8.42 Å². The van der Waals surface area contributed by atoms with Crippen LogP contribution in [0.15, 0.2) is 41.3 Å². The van der Waals surface area contributed by atoms with Gasteiger partial charge in [0.1, 0.15) is 0 Å². The number of imide groups is 1. The maximum atomic E-state index is 13.1. The van der Waals surface area contributed by atoms with E-state index in [9.17, 15) is 18.0 Å². The van der Waals surface area contributed by atoms with Crippen molar-refractivity contribution in [2.45, 2.75) is 51.0 Å². The van der Waals surface area contributed by atoms with Crippen LogP contribution in [0.25, 0.3) is 0 Å². The first-order valence-corrected chi connectivity index (χ1v) is 12.3. The molecular formula is C23H25ClN2O4S. The zero-order chi connectivity index (χ0) is 22.3. The lowest BCUT2D eigenvalue weighted by Gasteiger charge is -2.19. The molecule has 1 aliphatic heterocycles. The number of fused-ring (bicyclic) bond motifs is 1. The van der Waals surface area contributed by atoms with Crippen LogP contribution in [-0.4, -0.2) is 25.1 Å². The van der Waals surface area contributed by atoms with Crippen molar-refractivity contribution in [2.24, 2.45) is 11.8 Å². The van der Waals surface area contributed by atoms with Gasteiger partial charge < -0.3 is 0 Å². The standard InChI is InChI=1S/C23H25ClN2O4S/c1-14-8-10-17(24)12-20(14)25-31(29,30)21-11-16(9-7-15(21)2)13-26-22(27)18-5-3-4-6-19(18)23(26)28/h7-12,18-19,25H,3-6,13H2,1-2H3/t18-,19-/m1/s1. The van der Waals surface area contributed by atoms with Crippen LogP contribution in [0.5, 0.6) is 0 Å². The first-order chi connectivity index (χ1) is 14.7. The van der Waals surface area contributed by atoms with Gasteiger partial charge in [-0.15, -0.1) is 0 Å². The molecule has 2 aromatic rings. The van der Waals surface area contributed by atoms with Crippen LogP contribution < -0.4 is 4.72 Å². The van der Waals surface area contributed by atoms with Crippen LogP contribution in [0.1, 0.15) is 42.4 Å². The third-order valence-corrected chi connectivity index (χ3v) is 8.00. The Morgan fingerprint density at radius 1 is 0.968 bits per heavy atom. The van der Waals surface area contributed by atoms with Crippen molar-refractivity contribution in [3.8, 4) is 0 Å². The van der Waals surface area contributed by atoms with E-state index in [4.69, 9.17) is 11.6 Å². The Kier molecular flexibility index (Phi) is 5.83. The van der Waals surface area contributed by atoms with Crippen LogP contribution in [0.4, 0.5) is 5.69 Å². The summed E-state index contributed by atoms with van der Waals surface area (Å²) in [5.74, 6) is -0.704. The van der Waals surface area contributed by atoms with Gasteiger partial charge in [-0.3, -0.25) is 19.2 Å². The quantitative estimate of drug-likeness (QED) is 0.669. The number of amides is 2. The molecular weight excluding hydrogens is 436 g/mol. The van der Waals surface area contributed by atoms with Gasteiger partial charge in [0.05, 0.1) is 29.0 Å². The molecule has 2 fully saturated rings. The third kappa shape index (κ3) is 4.21. The maximum Gasteiger partial charge on any atom is 0.262 e. The van der Waals surface area contributed by atoms with Crippen LogP contribution in [0.3, 0.4) is 0 Å². The molecule has 0 spiro atoms. The fourth-order valence-corrected chi connectivity index (χ4v) is 6.10. The van der Waals surface area contributed by atoms with Gasteiger partial charge in [0.25, 0.3) is 10.0 Å². The van der Waals surface area contributed by atoms with Crippen molar-refractivity contribution in [2.75, 3.05) is 4.72 Å². The molecule has 0 bridgehead atoms. The van der Waals surface area contributed by atoms with E-state index in [1.54, 1.807) is 50.2 Å². The SMILES string of the molecule is Cc1ccc(Cl)cc1NS(=O)(=O)c1cc(CN2C(=O)[C@@H]3CCCC[C@H]3C2=O)ccc1C. The number of rotatable bonds is 5. The van der Waals surface area contributed by atoms with E-state index in [2.05, 4.69) is 4.72 Å². The number of anilines is 1. The second kappa shape index (κ2) is 8.28. The summed E-state index contributed by atoms with van der Waals surface area (Å²) in [6, 6.07) is 10.0. The molecule has 8 heteroatoms. The van der Waals surface area contributed by atoms with E-state index < -0.39 is 10.0 Å². The van der Waals surface area contributed by atoms with Gasteiger partial charge in [0.15, 0.2) is 0 Å². The molecule has 6 nitrogen and oxygen atoms in total. The lowest BCUT2D eigenvalue weighted by molar-refractivity contribution is -0.140. The number of nitrogens with one attached hydrogen (secondary N) is 1. The molecule has 164 valence electrons. The lowest BCUT2D eigenvalue weighted by atomic mass is 9.81. The summed E-state index contributed by atoms with van der Waals surface area (Å²) in [6.45, 7) is 3.59. The van der Waals surface area contributed by atoms with Crippen molar-refractivity contribution in [1.29, 1.82) is 0 Å². The number of hydrogen-bond acceptors (Lipinski definition) is 4. The van der Waals surface area contributed by atoms with Crippen molar-refractivity contribution >= 4 is 39.1 Å². The predicted molar refractivity (Wildman–Crippen MR) is 119 cm³/mol. The van der Waals surface area contributed by atoms with E-state index in [-0.39, 0.29) is 35.1 Å². The van der Waals surface area contributed by atoms with Crippen molar-refractivity contribution in [3.63, 3.8) is 0 Å². The minimum atomic E-state index is -3.88. The topological polar surface area (TPSA) is 83.6 Å². The van der Waals surface area contributed by atoms with Crippen molar-refractivity contribution in [1.82, 2.24) is 4.90 Å². The molecule has 2 atom stereocenters. The van der Waals surface area contributed by atoms with Gasteiger partial charge >= 0.3 is 0 Å². The molecule has 0 unspecified atom stereocenters. The Labute approximate surface area is 187 Å². The minimum absolute atomic E-state index is 0.0870. The predicted octanol–water partition coefficient (Wildman–Crippen LogP) is 4.43. The van der Waals surface area contributed by atoms with Gasteiger partial charge in [0, 0.05) is 5.02 Å². The monoisotopic (exact) mass is 460 g/mol. The van der Waals surface area contributed by atoms with Crippen molar-refractivity contribution in [3.05, 3.63) is 58.1 Å². The molecule has 2 aromatic carbocycles. The number of carbonyl (C=O) groups is 2. The maximum absolute atomic E-state index is 13.1. The summed E-state index contributed by atoms with van der Waals surface area (Å²) >= 11 is 6.02. The second-order valence-electron chi connectivity index (χ2n) is 8.42. The summed E-state index contributed by atoms with van der Waals surface area (Å²) in [6.07, 6.45) is 3.44. The highest BCUT2D eigenvalue weighted by Crippen LogP contribution is 2.38. The Morgan fingerprint density at radius 2 is 1.58 bits per heavy atom. The molecule has 1 saturated carbocycles. The first kappa shape index (κ1) is 21.8. The normalized spacial score (nSPS) is 21.3. The fraction of sp³-hybridized carbons (Fsp3) is 0.391. The fourth-order valence-electron chi connectivity index (χ4n) is 4.51. The number of carbonyl (C=O) groups excluding carboxylic acids is 2. The summed E-state index contributed by atoms with van der Waals surface area (Å²) in [4.78, 5) is 27.0. The highest BCUT2D eigenvalue weighted by atomic mass is 35.5. The second-order valence-corrected chi connectivity index (χ2v) is 10.5. The van der Waals surface area contributed by atoms with Gasteiger partial charge in [-0.2, -0.15) is 0 Å². The zero-order valence-electron chi connectivity index (χ0n) is 17.5. The third-order valence-electron chi connectivity index (χ3n) is 6.26. The van der Waals surface area contributed by atoms with E-state index in [0.717, 1.165) is 31.2 Å². The molecule has 1 heterocycles. The number of halogens is 1. The van der Waals surface area contributed by atoms with E-state index in [1.807, 2.05) is 0 Å². The number of nitrogens with zero attached hydrogens (tertiary/aromatic N) is 1. The number of aryl methyl sites for hydroxylation is 2. The molecule has 4 rings (SSSR count). The molecule has 2 aliphatic rings. The Morgan fingerprint density at radius 3 is 2.23 bits per heavy atom. The summed E-state index contributed by atoms with van der Waals surface area (Å²) < 4.78 is 28.8. The highest BCUT2D eigenvalue weighted by Gasteiger charge is 2.47. The molecule has 1 aliphatic carbocycles. The Balaban J connectivity index is 1.60. The first-order valence-electron chi connectivity index (χ1n) is 10.4. The number of hydrogen-bond donors (Lipinski definition) is 1. The van der Waals surface area contributed by atoms with Crippen LogP contribution >= 0.6 is 11.6 Å². The number of benzene rings is 2. The van der Waals surface area contributed by atoms with E-state index in [1.165, 1.54) is 4.90 Å². The largest absolute Gasteiger partial charge is 0.279 e. The van der Waals surface area contributed by atoms with Crippen molar-refractivity contribution < 1.29 is 18.0 Å². The van der Waals surface area contributed by atoms with Gasteiger partial charge in [-0.05, 0) is 61.6 Å². The zero-order valence-corrected chi connectivity index (χ0v) is 19.1. The lowest BCUT2D eigenvalue weighted by Crippen LogP contribution is -2.30. The summed E-state index contributed by atoms with van der Waals surface area (Å²) in [5, 5.41) is 0.432. The minimum Gasteiger partial charge on any atom is -0.279 e. The van der Waals surface area contributed by atoms with Crippen LogP contribution in [0.2, 0.25) is 5.02 Å². The average Bonchev–Trinajstić information content (AvgIpc) is 2.97. The smallest absolute Gasteiger partial charge is 0.262 e. The Hall–Kier alpha value is -2.38. The number of sulfonamides is 1. The van der Waals surface area contributed by atoms with Gasteiger partial charge in [-0.1, -0.05) is 42.6 Å². The molecule has 0 aromatic heterocycles. The van der Waals surface area contributed by atoms with Crippen LogP contribution in [-0.2, 0) is 26.2 Å². The molecule has 2 amide bonds. The molecule has 1 saturated heterocycles. The molecule has 31 heavy (non-hydrogen) atoms. The van der Waals surface area contributed by atoms with Gasteiger partial charge in [0.2, 0.25) is 11.8 Å². The molecule has 0 radical (unpaired) electrons. The highest BCUT2D eigenvalue weighted by molar-refractivity contribution is 7.92. The average molecular weight is 461 g/mol. The molecule has 1 N–H and O–H groups in total. The summed E-state index contributed by atoms with van der Waals surface area (Å²) in [7, 11) is -3.88. The number of likely N-dealkylation sites (tertiary alicyclic amines) is 1. The summed E-state index contributed by atoms with van der Waals surface area (Å²) in [5.41, 5.74) is 2.33. The Bertz CT molecular complexity index is 1140. The van der Waals surface area contributed by atoms with Crippen LogP contribution in [0, 0.1) is 25.7 Å². The van der Waals surface area contributed by atoms with E-state index in [0.29, 0.717) is 21.8 Å².